The van der Waals surface area contributed by atoms with Gasteiger partial charge < -0.3 is 25.0 Å². The van der Waals surface area contributed by atoms with Crippen molar-refractivity contribution in [3.8, 4) is 5.75 Å². The number of nitrogens with zero attached hydrogens (tertiary/aromatic N) is 5. The van der Waals surface area contributed by atoms with Gasteiger partial charge in [-0.1, -0.05) is 29.3 Å². The summed E-state index contributed by atoms with van der Waals surface area (Å²) >= 11 is 12.5. The van der Waals surface area contributed by atoms with Crippen LogP contribution in [0.3, 0.4) is 0 Å². The molecule has 1 aliphatic heterocycles. The highest BCUT2D eigenvalue weighted by atomic mass is 35.5. The molecule has 0 saturated carbocycles. The Morgan fingerprint density at radius 2 is 1.60 bits per heavy atom. The second-order valence-electron chi connectivity index (χ2n) is 9.73. The van der Waals surface area contributed by atoms with E-state index in [1.54, 1.807) is 18.2 Å². The average Bonchev–Trinajstić information content (AvgIpc) is 3.45. The zero-order chi connectivity index (χ0) is 28.1. The van der Waals surface area contributed by atoms with Gasteiger partial charge in [0.2, 0.25) is 5.91 Å². The quantitative estimate of drug-likeness (QED) is 0.292. The minimum absolute atomic E-state index is 0.0487. The fourth-order valence-corrected chi connectivity index (χ4v) is 5.38. The van der Waals surface area contributed by atoms with E-state index >= 15 is 0 Å². The number of anilines is 3. The highest BCUT2D eigenvalue weighted by Gasteiger charge is 2.34. The second-order valence-corrected chi connectivity index (χ2v) is 10.6. The monoisotopic (exact) mass is 580 g/mol. The number of piperazine rings is 1. The molecule has 0 radical (unpaired) electrons. The fourth-order valence-electron chi connectivity index (χ4n) is 4.80. The van der Waals surface area contributed by atoms with E-state index in [4.69, 9.17) is 27.9 Å². The number of carbonyl (C=O) groups excluding carboxylic acids is 1. The lowest BCUT2D eigenvalue weighted by Gasteiger charge is -2.37. The minimum Gasteiger partial charge on any atom is -0.490 e. The van der Waals surface area contributed by atoms with Gasteiger partial charge in [-0.05, 0) is 60.7 Å². The van der Waals surface area contributed by atoms with Crippen molar-refractivity contribution in [2.75, 3.05) is 47.9 Å². The molecule has 1 amide bonds. The summed E-state index contributed by atoms with van der Waals surface area (Å²) in [5.41, 5.74) is 2.06. The van der Waals surface area contributed by atoms with Gasteiger partial charge >= 0.3 is 0 Å². The summed E-state index contributed by atoms with van der Waals surface area (Å²) in [5.74, 6) is 0.551. The van der Waals surface area contributed by atoms with Gasteiger partial charge in [-0.25, -0.2) is 9.67 Å². The molecule has 1 unspecified atom stereocenters. The molecule has 0 aliphatic carbocycles. The number of carbonyl (C=O) groups is 1. The smallest absolute Gasteiger partial charge is 0.221 e. The molecule has 2 heterocycles. The van der Waals surface area contributed by atoms with Gasteiger partial charge in [-0.2, -0.15) is 5.10 Å². The Kier molecular flexibility index (Phi) is 8.44. The number of ether oxygens (including phenoxy) is 1. The summed E-state index contributed by atoms with van der Waals surface area (Å²) in [5, 5.41) is 19.4. The molecule has 2 N–H and O–H groups in total. The molecular weight excluding hydrogens is 551 g/mol. The lowest BCUT2D eigenvalue weighted by molar-refractivity contribution is -0.114. The minimum atomic E-state index is -1.47. The third kappa shape index (κ3) is 6.67. The van der Waals surface area contributed by atoms with Crippen molar-refractivity contribution in [3.63, 3.8) is 0 Å². The van der Waals surface area contributed by atoms with Crippen molar-refractivity contribution in [1.82, 2.24) is 14.8 Å². The number of aliphatic hydroxyl groups is 1. The van der Waals surface area contributed by atoms with Gasteiger partial charge in [-0.15, -0.1) is 0 Å². The van der Waals surface area contributed by atoms with Gasteiger partial charge in [0, 0.05) is 65.8 Å². The van der Waals surface area contributed by atoms with Gasteiger partial charge in [0.05, 0.1) is 6.54 Å². The highest BCUT2D eigenvalue weighted by molar-refractivity contribution is 6.35. The van der Waals surface area contributed by atoms with Crippen LogP contribution in [0.5, 0.6) is 5.75 Å². The number of hydrogen-bond donors (Lipinski definition) is 2. The Morgan fingerprint density at radius 3 is 2.15 bits per heavy atom. The maximum absolute atomic E-state index is 11.6. The van der Waals surface area contributed by atoms with E-state index in [0.29, 0.717) is 21.4 Å². The molecule has 5 rings (SSSR count). The molecule has 1 atom stereocenters. The standard InChI is InChI=1S/C29H30Cl2N6O3/c1-21(38)34-23-3-5-24(6-4-23)35-12-14-36(15-13-35)25-7-9-26(10-8-25)40-18-29(39,17-37-20-32-19-33-37)27-11-2-22(30)16-28(27)31/h2-11,16,19-20,39H,12-15,17-18H2,1H3,(H,34,38). The van der Waals surface area contributed by atoms with Crippen molar-refractivity contribution in [3.05, 3.63) is 95.0 Å². The number of rotatable bonds is 9. The maximum Gasteiger partial charge on any atom is 0.221 e. The average molecular weight is 582 g/mol. The normalized spacial score (nSPS) is 15.0. The lowest BCUT2D eigenvalue weighted by atomic mass is 9.94. The predicted molar refractivity (Wildman–Crippen MR) is 157 cm³/mol. The Morgan fingerprint density at radius 1 is 0.975 bits per heavy atom. The SMILES string of the molecule is CC(=O)Nc1ccc(N2CCN(c3ccc(OCC(O)(Cn4cncn4)c4ccc(Cl)cc4Cl)cc3)CC2)cc1. The fraction of sp³-hybridized carbons (Fsp3) is 0.276. The zero-order valence-corrected chi connectivity index (χ0v) is 23.5. The molecule has 208 valence electrons. The van der Waals surface area contributed by atoms with Crippen molar-refractivity contribution in [1.29, 1.82) is 0 Å². The number of nitrogens with one attached hydrogen (secondary N) is 1. The molecule has 40 heavy (non-hydrogen) atoms. The number of hydrogen-bond acceptors (Lipinski definition) is 7. The molecule has 1 aromatic heterocycles. The van der Waals surface area contributed by atoms with Crippen molar-refractivity contribution < 1.29 is 14.6 Å². The van der Waals surface area contributed by atoms with E-state index < -0.39 is 5.60 Å². The molecule has 0 spiro atoms. The maximum atomic E-state index is 11.6. The van der Waals surface area contributed by atoms with Crippen LogP contribution in [-0.2, 0) is 16.9 Å². The van der Waals surface area contributed by atoms with Gasteiger partial charge in [0.1, 0.15) is 30.6 Å². The number of benzene rings is 3. The van der Waals surface area contributed by atoms with Crippen molar-refractivity contribution in [2.24, 2.45) is 0 Å². The zero-order valence-electron chi connectivity index (χ0n) is 22.0. The van der Waals surface area contributed by atoms with Crippen LogP contribution in [0, 0.1) is 0 Å². The molecule has 11 heteroatoms. The molecular formula is C29H30Cl2N6O3. The van der Waals surface area contributed by atoms with Crippen LogP contribution in [0.4, 0.5) is 17.1 Å². The number of amides is 1. The third-order valence-electron chi connectivity index (χ3n) is 6.83. The first-order chi connectivity index (χ1) is 19.3. The van der Waals surface area contributed by atoms with E-state index in [1.807, 2.05) is 48.5 Å². The van der Waals surface area contributed by atoms with E-state index in [-0.39, 0.29) is 19.1 Å². The third-order valence-corrected chi connectivity index (χ3v) is 7.38. The Labute approximate surface area is 242 Å². The van der Waals surface area contributed by atoms with Gasteiger partial charge in [-0.3, -0.25) is 4.79 Å². The van der Waals surface area contributed by atoms with E-state index in [9.17, 15) is 9.90 Å². The summed E-state index contributed by atoms with van der Waals surface area (Å²) in [6.07, 6.45) is 2.94. The van der Waals surface area contributed by atoms with Gasteiger partial charge in [0.25, 0.3) is 0 Å². The lowest BCUT2D eigenvalue weighted by Crippen LogP contribution is -2.46. The summed E-state index contributed by atoms with van der Waals surface area (Å²) < 4.78 is 7.59. The van der Waals surface area contributed by atoms with Gasteiger partial charge in [0.15, 0.2) is 0 Å². The molecule has 9 nitrogen and oxygen atoms in total. The summed E-state index contributed by atoms with van der Waals surface area (Å²) in [6.45, 7) is 5.08. The second kappa shape index (κ2) is 12.2. The Balaban J connectivity index is 1.20. The molecule has 1 saturated heterocycles. The Hall–Kier alpha value is -3.79. The first-order valence-electron chi connectivity index (χ1n) is 12.9. The van der Waals surface area contributed by atoms with Crippen LogP contribution >= 0.6 is 23.2 Å². The predicted octanol–water partition coefficient (Wildman–Crippen LogP) is 4.84. The van der Waals surface area contributed by atoms with E-state index in [0.717, 1.165) is 43.2 Å². The topological polar surface area (TPSA) is 95.8 Å². The molecule has 0 bridgehead atoms. The summed E-state index contributed by atoms with van der Waals surface area (Å²) in [7, 11) is 0. The van der Waals surface area contributed by atoms with Crippen LogP contribution in [0.15, 0.2) is 79.4 Å². The van der Waals surface area contributed by atoms with Crippen LogP contribution < -0.4 is 19.9 Å². The van der Waals surface area contributed by atoms with E-state index in [1.165, 1.54) is 24.3 Å². The van der Waals surface area contributed by atoms with Crippen molar-refractivity contribution in [2.45, 2.75) is 19.1 Å². The van der Waals surface area contributed by atoms with Crippen LogP contribution in [0.2, 0.25) is 10.0 Å². The molecule has 1 aliphatic rings. The molecule has 3 aromatic carbocycles. The van der Waals surface area contributed by atoms with Crippen LogP contribution in [0.25, 0.3) is 0 Å². The first-order valence-corrected chi connectivity index (χ1v) is 13.7. The highest BCUT2D eigenvalue weighted by Crippen LogP contribution is 2.33. The van der Waals surface area contributed by atoms with Crippen LogP contribution in [0.1, 0.15) is 12.5 Å². The number of aromatic nitrogens is 3. The Bertz CT molecular complexity index is 1430. The van der Waals surface area contributed by atoms with Crippen LogP contribution in [-0.4, -0.2) is 58.6 Å². The van der Waals surface area contributed by atoms with Crippen molar-refractivity contribution >= 4 is 46.2 Å². The first kappa shape index (κ1) is 27.8. The number of halogens is 2. The van der Waals surface area contributed by atoms with E-state index in [2.05, 4.69) is 25.2 Å². The summed E-state index contributed by atoms with van der Waals surface area (Å²) in [6, 6.07) is 20.8. The largest absolute Gasteiger partial charge is 0.490 e. The summed E-state index contributed by atoms with van der Waals surface area (Å²) in [4.78, 5) is 19.9. The molecule has 4 aromatic rings. The molecule has 1 fully saturated rings.